The molecule has 0 aliphatic rings. The fourth-order valence-electron chi connectivity index (χ4n) is 2.44. The largest absolute Gasteiger partial charge is 0.296 e. The third kappa shape index (κ3) is 6.70. The molecule has 0 heterocycles. The SMILES string of the molecule is Cc1ccc(S(=O)(=O)OCCC[C@H](C)COS(=O)(=O)c2ccc(C)cc2)cc1. The Balaban J connectivity index is 1.76. The van der Waals surface area contributed by atoms with Crippen LogP contribution in [-0.2, 0) is 28.6 Å². The lowest BCUT2D eigenvalue weighted by molar-refractivity contribution is 0.239. The molecule has 0 aliphatic heterocycles. The van der Waals surface area contributed by atoms with E-state index in [0.29, 0.717) is 12.8 Å². The Kier molecular flexibility index (Phi) is 7.77. The summed E-state index contributed by atoms with van der Waals surface area (Å²) in [5.41, 5.74) is 1.93. The van der Waals surface area contributed by atoms with Crippen LogP contribution in [0, 0.1) is 19.8 Å². The highest BCUT2D eigenvalue weighted by Gasteiger charge is 2.18. The summed E-state index contributed by atoms with van der Waals surface area (Å²) in [6.07, 6.45) is 1.05. The predicted molar refractivity (Wildman–Crippen MR) is 107 cm³/mol. The van der Waals surface area contributed by atoms with Crippen LogP contribution in [0.1, 0.15) is 30.9 Å². The van der Waals surface area contributed by atoms with E-state index in [1.165, 1.54) is 24.3 Å². The van der Waals surface area contributed by atoms with E-state index in [1.54, 1.807) is 24.3 Å². The van der Waals surface area contributed by atoms with E-state index in [4.69, 9.17) is 8.37 Å². The Bertz CT molecular complexity index is 962. The first kappa shape index (κ1) is 22.5. The maximum Gasteiger partial charge on any atom is 0.296 e. The van der Waals surface area contributed by atoms with E-state index in [-0.39, 0.29) is 28.9 Å². The maximum atomic E-state index is 12.2. The molecule has 0 radical (unpaired) electrons. The van der Waals surface area contributed by atoms with Gasteiger partial charge in [-0.15, -0.1) is 0 Å². The van der Waals surface area contributed by atoms with Gasteiger partial charge in [0, 0.05) is 0 Å². The molecule has 0 amide bonds. The van der Waals surface area contributed by atoms with E-state index in [9.17, 15) is 16.8 Å². The van der Waals surface area contributed by atoms with Gasteiger partial charge in [0.25, 0.3) is 20.2 Å². The quantitative estimate of drug-likeness (QED) is 0.424. The number of hydrogen-bond donors (Lipinski definition) is 0. The van der Waals surface area contributed by atoms with Gasteiger partial charge in [-0.2, -0.15) is 16.8 Å². The topological polar surface area (TPSA) is 86.7 Å². The molecule has 2 rings (SSSR count). The standard InChI is InChI=1S/C20H26O6S2/c1-16-6-10-19(11-7-16)27(21,22)25-14-4-5-18(3)15-26-28(23,24)20-12-8-17(2)9-13-20/h6-13,18H,4-5,14-15H2,1-3H3/t18-/m0/s1. The summed E-state index contributed by atoms with van der Waals surface area (Å²) >= 11 is 0. The summed E-state index contributed by atoms with van der Waals surface area (Å²) in [5, 5.41) is 0. The van der Waals surface area contributed by atoms with Crippen molar-refractivity contribution in [2.24, 2.45) is 5.92 Å². The van der Waals surface area contributed by atoms with Gasteiger partial charge in [-0.3, -0.25) is 8.37 Å². The van der Waals surface area contributed by atoms with Gasteiger partial charge in [0.05, 0.1) is 23.0 Å². The first-order valence-electron chi connectivity index (χ1n) is 9.02. The van der Waals surface area contributed by atoms with Crippen LogP contribution in [0.2, 0.25) is 0 Å². The van der Waals surface area contributed by atoms with Crippen molar-refractivity contribution in [2.45, 2.75) is 43.4 Å². The van der Waals surface area contributed by atoms with Gasteiger partial charge in [-0.25, -0.2) is 0 Å². The van der Waals surface area contributed by atoms with Gasteiger partial charge < -0.3 is 0 Å². The third-order valence-corrected chi connectivity index (χ3v) is 6.83. The van der Waals surface area contributed by atoms with Crippen LogP contribution in [-0.4, -0.2) is 30.0 Å². The van der Waals surface area contributed by atoms with Crippen molar-refractivity contribution in [3.63, 3.8) is 0 Å². The Labute approximate surface area is 167 Å². The molecule has 0 N–H and O–H groups in total. The van der Waals surface area contributed by atoms with Crippen molar-refractivity contribution >= 4 is 20.2 Å². The molecular weight excluding hydrogens is 400 g/mol. The Hall–Kier alpha value is -1.74. The van der Waals surface area contributed by atoms with Crippen molar-refractivity contribution in [1.82, 2.24) is 0 Å². The van der Waals surface area contributed by atoms with Crippen LogP contribution in [0.4, 0.5) is 0 Å². The first-order valence-corrected chi connectivity index (χ1v) is 11.8. The van der Waals surface area contributed by atoms with Gasteiger partial charge in [-0.05, 0) is 56.9 Å². The molecule has 0 saturated heterocycles. The fraction of sp³-hybridized carbons (Fsp3) is 0.400. The lowest BCUT2D eigenvalue weighted by atomic mass is 10.1. The molecule has 0 bridgehead atoms. The minimum atomic E-state index is -3.79. The normalized spacial score (nSPS) is 13.4. The van der Waals surface area contributed by atoms with Crippen molar-refractivity contribution < 1.29 is 25.2 Å². The molecule has 1 atom stereocenters. The summed E-state index contributed by atoms with van der Waals surface area (Å²) in [7, 11) is -7.57. The van der Waals surface area contributed by atoms with E-state index < -0.39 is 20.2 Å². The minimum Gasteiger partial charge on any atom is -0.266 e. The highest BCUT2D eigenvalue weighted by Crippen LogP contribution is 2.17. The average Bonchev–Trinajstić information content (AvgIpc) is 2.64. The summed E-state index contributed by atoms with van der Waals surface area (Å²) < 4.78 is 58.7. The summed E-state index contributed by atoms with van der Waals surface area (Å²) in [6, 6.07) is 12.9. The fourth-order valence-corrected chi connectivity index (χ4v) is 4.40. The smallest absolute Gasteiger partial charge is 0.266 e. The van der Waals surface area contributed by atoms with Gasteiger partial charge in [0.1, 0.15) is 0 Å². The van der Waals surface area contributed by atoms with Crippen LogP contribution < -0.4 is 0 Å². The maximum absolute atomic E-state index is 12.2. The lowest BCUT2D eigenvalue weighted by Gasteiger charge is -2.12. The monoisotopic (exact) mass is 426 g/mol. The molecule has 0 saturated carbocycles. The predicted octanol–water partition coefficient (Wildman–Crippen LogP) is 3.83. The molecule has 154 valence electrons. The van der Waals surface area contributed by atoms with Crippen LogP contribution >= 0.6 is 0 Å². The molecule has 28 heavy (non-hydrogen) atoms. The van der Waals surface area contributed by atoms with Crippen molar-refractivity contribution in [3.8, 4) is 0 Å². The molecular formula is C20H26O6S2. The molecule has 2 aromatic carbocycles. The molecule has 2 aromatic rings. The Morgan fingerprint density at radius 3 is 1.64 bits per heavy atom. The van der Waals surface area contributed by atoms with Crippen LogP contribution in [0.3, 0.4) is 0 Å². The van der Waals surface area contributed by atoms with Gasteiger partial charge >= 0.3 is 0 Å². The van der Waals surface area contributed by atoms with Gasteiger partial charge in [-0.1, -0.05) is 42.3 Å². The van der Waals surface area contributed by atoms with Gasteiger partial charge in [0.2, 0.25) is 0 Å². The average molecular weight is 427 g/mol. The van der Waals surface area contributed by atoms with Crippen LogP contribution in [0.5, 0.6) is 0 Å². The Morgan fingerprint density at radius 1 is 0.750 bits per heavy atom. The zero-order chi connectivity index (χ0) is 20.8. The van der Waals surface area contributed by atoms with E-state index in [1.807, 2.05) is 20.8 Å². The second-order valence-corrected chi connectivity index (χ2v) is 10.1. The number of benzene rings is 2. The zero-order valence-electron chi connectivity index (χ0n) is 16.3. The molecule has 0 spiro atoms. The van der Waals surface area contributed by atoms with E-state index >= 15 is 0 Å². The molecule has 6 nitrogen and oxygen atoms in total. The van der Waals surface area contributed by atoms with E-state index in [0.717, 1.165) is 11.1 Å². The molecule has 0 unspecified atom stereocenters. The Morgan fingerprint density at radius 2 is 1.18 bits per heavy atom. The van der Waals surface area contributed by atoms with Crippen molar-refractivity contribution in [1.29, 1.82) is 0 Å². The minimum absolute atomic E-state index is 0.0287. The number of rotatable bonds is 10. The lowest BCUT2D eigenvalue weighted by Crippen LogP contribution is -2.14. The summed E-state index contributed by atoms with van der Waals surface area (Å²) in [5.74, 6) is -0.0640. The second kappa shape index (κ2) is 9.65. The summed E-state index contributed by atoms with van der Waals surface area (Å²) in [6.45, 7) is 5.66. The van der Waals surface area contributed by atoms with Crippen LogP contribution in [0.25, 0.3) is 0 Å². The summed E-state index contributed by atoms with van der Waals surface area (Å²) in [4.78, 5) is 0.247. The third-order valence-electron chi connectivity index (χ3n) is 4.21. The molecule has 8 heteroatoms. The zero-order valence-corrected chi connectivity index (χ0v) is 17.9. The van der Waals surface area contributed by atoms with Crippen LogP contribution in [0.15, 0.2) is 58.3 Å². The highest BCUT2D eigenvalue weighted by molar-refractivity contribution is 7.87. The number of hydrogen-bond acceptors (Lipinski definition) is 6. The second-order valence-electron chi connectivity index (χ2n) is 6.89. The van der Waals surface area contributed by atoms with Crippen molar-refractivity contribution in [2.75, 3.05) is 13.2 Å². The van der Waals surface area contributed by atoms with E-state index in [2.05, 4.69) is 0 Å². The van der Waals surface area contributed by atoms with Crippen molar-refractivity contribution in [3.05, 3.63) is 59.7 Å². The van der Waals surface area contributed by atoms with Gasteiger partial charge in [0.15, 0.2) is 0 Å². The molecule has 0 aromatic heterocycles. The molecule has 0 aliphatic carbocycles. The first-order chi connectivity index (χ1) is 13.1. The molecule has 0 fully saturated rings. The number of aryl methyl sites for hydroxylation is 2. The highest BCUT2D eigenvalue weighted by atomic mass is 32.2.